The van der Waals surface area contributed by atoms with Crippen LogP contribution < -0.4 is 14.4 Å². The summed E-state index contributed by atoms with van der Waals surface area (Å²) >= 11 is 1.52. The number of anilines is 2. The van der Waals surface area contributed by atoms with Crippen LogP contribution in [0, 0.1) is 0 Å². The van der Waals surface area contributed by atoms with Gasteiger partial charge in [0.15, 0.2) is 5.13 Å². The Labute approximate surface area is 233 Å². The largest absolute Gasteiger partial charge is 0.494 e. The molecule has 39 heavy (non-hydrogen) atoms. The molecular formula is C29H32N4O4SSi. The summed E-state index contributed by atoms with van der Waals surface area (Å²) in [5, 5.41) is 9.36. The minimum absolute atomic E-state index is 0.251. The fraction of sp³-hybridized carbons (Fsp3) is 0.276. The number of rotatable bonds is 12. The first-order valence-electron chi connectivity index (χ1n) is 12.8. The molecular weight excluding hydrogens is 528 g/mol. The van der Waals surface area contributed by atoms with Gasteiger partial charge in [0, 0.05) is 20.2 Å². The molecule has 0 amide bonds. The van der Waals surface area contributed by atoms with Crippen LogP contribution in [0.2, 0.25) is 25.7 Å². The lowest BCUT2D eigenvalue weighted by molar-refractivity contribution is 0.150. The van der Waals surface area contributed by atoms with E-state index in [1.54, 1.807) is 7.11 Å². The average molecular weight is 561 g/mol. The molecule has 0 saturated heterocycles. The molecule has 0 radical (unpaired) electrons. The molecule has 5 rings (SSSR count). The van der Waals surface area contributed by atoms with E-state index in [1.165, 1.54) is 11.3 Å². The van der Waals surface area contributed by atoms with Crippen molar-refractivity contribution in [3.8, 4) is 23.0 Å². The second-order valence-electron chi connectivity index (χ2n) is 10.3. The van der Waals surface area contributed by atoms with Crippen LogP contribution in [-0.4, -0.2) is 43.7 Å². The molecule has 5 aromatic rings. The van der Waals surface area contributed by atoms with E-state index in [2.05, 4.69) is 29.8 Å². The first-order chi connectivity index (χ1) is 18.9. The van der Waals surface area contributed by atoms with Crippen LogP contribution in [0.4, 0.5) is 11.1 Å². The lowest BCUT2D eigenvalue weighted by Crippen LogP contribution is -2.25. The van der Waals surface area contributed by atoms with Crippen LogP contribution in [0.15, 0.2) is 77.2 Å². The van der Waals surface area contributed by atoms with E-state index in [0.29, 0.717) is 30.3 Å². The average Bonchev–Trinajstić information content (AvgIpc) is 3.60. The second kappa shape index (κ2) is 12.0. The summed E-state index contributed by atoms with van der Waals surface area (Å²) in [6.07, 6.45) is 0. The number of methoxy groups -OCH3 is 1. The molecule has 3 aromatic carbocycles. The van der Waals surface area contributed by atoms with Gasteiger partial charge in [-0.1, -0.05) is 72.5 Å². The summed E-state index contributed by atoms with van der Waals surface area (Å²) < 4.78 is 24.6. The van der Waals surface area contributed by atoms with E-state index in [-0.39, 0.29) is 6.73 Å². The number of benzene rings is 3. The van der Waals surface area contributed by atoms with E-state index in [1.807, 2.05) is 77.7 Å². The molecule has 0 N–H and O–H groups in total. The van der Waals surface area contributed by atoms with Crippen molar-refractivity contribution in [2.45, 2.75) is 32.3 Å². The predicted octanol–water partition coefficient (Wildman–Crippen LogP) is 7.38. The first kappa shape index (κ1) is 26.9. The Morgan fingerprint density at radius 3 is 2.46 bits per heavy atom. The number of hydrogen-bond donors (Lipinski definition) is 0. The molecule has 2 heterocycles. The number of thiazole rings is 1. The Balaban J connectivity index is 1.35. The lowest BCUT2D eigenvalue weighted by atomic mass is 10.2. The SMILES string of the molecule is COc1cccc2sc(N(COCC[Si](C)(C)C)c3nnc(-c4ccc(OCc5ccccc5)cc4)o3)nc12. The first-order valence-corrected chi connectivity index (χ1v) is 17.3. The van der Waals surface area contributed by atoms with Crippen molar-refractivity contribution in [3.05, 3.63) is 78.4 Å². The van der Waals surface area contributed by atoms with Crippen molar-refractivity contribution in [2.75, 3.05) is 25.3 Å². The fourth-order valence-corrected chi connectivity index (χ4v) is 5.51. The van der Waals surface area contributed by atoms with Gasteiger partial charge in [0.25, 0.3) is 0 Å². The Hall–Kier alpha value is -3.73. The highest BCUT2D eigenvalue weighted by molar-refractivity contribution is 7.22. The van der Waals surface area contributed by atoms with Gasteiger partial charge in [-0.2, -0.15) is 0 Å². The molecule has 2 aromatic heterocycles. The Morgan fingerprint density at radius 1 is 0.923 bits per heavy atom. The van der Waals surface area contributed by atoms with E-state index < -0.39 is 8.07 Å². The van der Waals surface area contributed by atoms with Crippen molar-refractivity contribution in [1.82, 2.24) is 15.2 Å². The zero-order valence-corrected chi connectivity index (χ0v) is 24.4. The van der Waals surface area contributed by atoms with Crippen LogP contribution in [0.5, 0.6) is 11.5 Å². The summed E-state index contributed by atoms with van der Waals surface area (Å²) in [5.74, 6) is 1.89. The third kappa shape index (κ3) is 6.83. The number of aromatic nitrogens is 3. The topological polar surface area (TPSA) is 82.7 Å². The molecule has 0 atom stereocenters. The molecule has 0 unspecified atom stereocenters. The summed E-state index contributed by atoms with van der Waals surface area (Å²) in [4.78, 5) is 6.65. The van der Waals surface area contributed by atoms with E-state index in [4.69, 9.17) is 23.6 Å². The molecule has 0 aliphatic heterocycles. The maximum Gasteiger partial charge on any atom is 0.326 e. The van der Waals surface area contributed by atoms with Gasteiger partial charge in [-0.15, -0.1) is 5.10 Å². The molecule has 10 heteroatoms. The van der Waals surface area contributed by atoms with Gasteiger partial charge in [0.05, 0.1) is 11.8 Å². The maximum absolute atomic E-state index is 6.13. The van der Waals surface area contributed by atoms with E-state index >= 15 is 0 Å². The van der Waals surface area contributed by atoms with Crippen LogP contribution >= 0.6 is 11.3 Å². The molecule has 0 bridgehead atoms. The summed E-state index contributed by atoms with van der Waals surface area (Å²) in [7, 11) is 0.415. The van der Waals surface area contributed by atoms with Crippen molar-refractivity contribution in [2.24, 2.45) is 0 Å². The zero-order valence-electron chi connectivity index (χ0n) is 22.6. The number of para-hydroxylation sites is 1. The molecule has 0 aliphatic carbocycles. The van der Waals surface area contributed by atoms with Crippen LogP contribution in [0.1, 0.15) is 5.56 Å². The van der Waals surface area contributed by atoms with Crippen molar-refractivity contribution in [1.29, 1.82) is 0 Å². The van der Waals surface area contributed by atoms with Gasteiger partial charge >= 0.3 is 6.01 Å². The Kier molecular flexibility index (Phi) is 8.25. The third-order valence-electron chi connectivity index (χ3n) is 6.03. The monoisotopic (exact) mass is 560 g/mol. The van der Waals surface area contributed by atoms with Crippen LogP contribution in [-0.2, 0) is 11.3 Å². The van der Waals surface area contributed by atoms with Gasteiger partial charge < -0.3 is 18.6 Å². The molecule has 8 nitrogen and oxygen atoms in total. The van der Waals surface area contributed by atoms with Crippen molar-refractivity contribution < 1.29 is 18.6 Å². The minimum Gasteiger partial charge on any atom is -0.494 e. The highest BCUT2D eigenvalue weighted by atomic mass is 32.1. The minimum atomic E-state index is -1.23. The molecule has 0 fully saturated rings. The van der Waals surface area contributed by atoms with E-state index in [0.717, 1.165) is 38.9 Å². The second-order valence-corrected chi connectivity index (χ2v) is 16.9. The van der Waals surface area contributed by atoms with Gasteiger partial charge in [-0.25, -0.2) is 9.88 Å². The highest BCUT2D eigenvalue weighted by Gasteiger charge is 2.23. The standard InChI is InChI=1S/C29H32N4O4SSi/c1-34-24-11-8-12-25-26(24)30-29(38-25)33(20-35-17-18-39(2,3)4)28-32-31-27(37-28)22-13-15-23(16-14-22)36-19-21-9-6-5-7-10-21/h5-16H,17-20H2,1-4H3. The highest BCUT2D eigenvalue weighted by Crippen LogP contribution is 2.37. The lowest BCUT2D eigenvalue weighted by Gasteiger charge is -2.19. The zero-order chi connectivity index (χ0) is 27.2. The smallest absolute Gasteiger partial charge is 0.326 e. The van der Waals surface area contributed by atoms with Gasteiger partial charge in [-0.3, -0.25) is 0 Å². The number of ether oxygens (including phenoxy) is 3. The third-order valence-corrected chi connectivity index (χ3v) is 8.78. The molecule has 0 saturated carbocycles. The number of nitrogens with zero attached hydrogens (tertiary/aromatic N) is 4. The summed E-state index contributed by atoms with van der Waals surface area (Å²) in [6, 6.07) is 24.9. The fourth-order valence-electron chi connectivity index (χ4n) is 3.79. The number of hydrogen-bond acceptors (Lipinski definition) is 9. The Morgan fingerprint density at radius 2 is 1.72 bits per heavy atom. The predicted molar refractivity (Wildman–Crippen MR) is 158 cm³/mol. The molecule has 0 aliphatic rings. The summed E-state index contributed by atoms with van der Waals surface area (Å²) in [5.41, 5.74) is 2.70. The van der Waals surface area contributed by atoms with Gasteiger partial charge in [0.2, 0.25) is 5.89 Å². The van der Waals surface area contributed by atoms with Crippen molar-refractivity contribution >= 4 is 40.8 Å². The maximum atomic E-state index is 6.13. The van der Waals surface area contributed by atoms with Gasteiger partial charge in [0.1, 0.15) is 30.4 Å². The van der Waals surface area contributed by atoms with Crippen LogP contribution in [0.3, 0.4) is 0 Å². The normalized spacial score (nSPS) is 11.6. The number of fused-ring (bicyclic) bond motifs is 1. The van der Waals surface area contributed by atoms with Crippen molar-refractivity contribution in [3.63, 3.8) is 0 Å². The van der Waals surface area contributed by atoms with Gasteiger partial charge in [-0.05, 0) is 48.0 Å². The molecule has 202 valence electrons. The van der Waals surface area contributed by atoms with E-state index in [9.17, 15) is 0 Å². The molecule has 0 spiro atoms. The summed E-state index contributed by atoms with van der Waals surface area (Å²) in [6.45, 7) is 8.40. The van der Waals surface area contributed by atoms with Crippen LogP contribution in [0.25, 0.3) is 21.7 Å². The quantitative estimate of drug-likeness (QED) is 0.0888. The Bertz CT molecular complexity index is 1500.